The van der Waals surface area contributed by atoms with E-state index in [-0.39, 0.29) is 5.91 Å². The van der Waals surface area contributed by atoms with Gasteiger partial charge in [0.1, 0.15) is 5.01 Å². The molecule has 1 aromatic carbocycles. The molecule has 1 amide bonds. The number of carbonyl (C=O) groups is 1. The predicted molar refractivity (Wildman–Crippen MR) is 102 cm³/mol. The third-order valence-corrected chi connectivity index (χ3v) is 5.68. The molecule has 2 atom stereocenters. The number of piperidine rings is 1. The molecule has 0 saturated carbocycles. The smallest absolute Gasteiger partial charge is 0.226 e. The van der Waals surface area contributed by atoms with Gasteiger partial charge in [0.05, 0.1) is 0 Å². The molecule has 1 saturated heterocycles. The van der Waals surface area contributed by atoms with Gasteiger partial charge in [0.2, 0.25) is 11.0 Å². The van der Waals surface area contributed by atoms with E-state index in [4.69, 9.17) is 11.6 Å². The number of hydrogen-bond acceptors (Lipinski definition) is 5. The molecule has 1 aromatic heterocycles. The Morgan fingerprint density at radius 3 is 3.12 bits per heavy atom. The summed E-state index contributed by atoms with van der Waals surface area (Å²) in [5.74, 6) is 0.961. The summed E-state index contributed by atoms with van der Waals surface area (Å²) in [6, 6.07) is 7.69. The molecule has 7 heteroatoms. The fraction of sp³-hybridized carbons (Fsp3) is 0.500. The first kappa shape index (κ1) is 18.3. The molecule has 0 spiro atoms. The summed E-state index contributed by atoms with van der Waals surface area (Å²) in [7, 11) is 0. The first-order valence-corrected chi connectivity index (χ1v) is 9.87. The average molecular weight is 379 g/mol. The van der Waals surface area contributed by atoms with Crippen molar-refractivity contribution < 1.29 is 4.79 Å². The fourth-order valence-corrected chi connectivity index (χ4v) is 4.19. The van der Waals surface area contributed by atoms with Crippen molar-refractivity contribution in [3.05, 3.63) is 39.9 Å². The number of nitrogens with one attached hydrogen (secondary N) is 2. The minimum atomic E-state index is 0.0172. The lowest BCUT2D eigenvalue weighted by molar-refractivity contribution is -0.117. The van der Waals surface area contributed by atoms with Gasteiger partial charge in [-0.2, -0.15) is 0 Å². The fourth-order valence-electron chi connectivity index (χ4n) is 3.19. The Hall–Kier alpha value is -1.50. The van der Waals surface area contributed by atoms with Gasteiger partial charge in [0, 0.05) is 17.9 Å². The number of aromatic nitrogens is 2. The van der Waals surface area contributed by atoms with E-state index >= 15 is 0 Å². The van der Waals surface area contributed by atoms with Crippen LogP contribution in [0.1, 0.15) is 36.8 Å². The van der Waals surface area contributed by atoms with E-state index in [1.54, 1.807) is 0 Å². The minimum Gasteiger partial charge on any atom is -0.316 e. The van der Waals surface area contributed by atoms with Crippen LogP contribution in [0.5, 0.6) is 0 Å². The van der Waals surface area contributed by atoms with Crippen LogP contribution in [0.25, 0.3) is 0 Å². The van der Waals surface area contributed by atoms with E-state index in [0.717, 1.165) is 23.7 Å². The van der Waals surface area contributed by atoms with E-state index in [9.17, 15) is 4.79 Å². The molecule has 0 radical (unpaired) electrons. The zero-order chi connectivity index (χ0) is 17.6. The van der Waals surface area contributed by atoms with Crippen molar-refractivity contribution in [2.24, 2.45) is 11.8 Å². The van der Waals surface area contributed by atoms with Crippen molar-refractivity contribution in [3.8, 4) is 0 Å². The first-order valence-electron chi connectivity index (χ1n) is 8.67. The van der Waals surface area contributed by atoms with Gasteiger partial charge in [-0.25, -0.2) is 0 Å². The summed E-state index contributed by atoms with van der Waals surface area (Å²) in [6.07, 6.45) is 3.58. The number of anilines is 1. The molecule has 1 fully saturated rings. The molecule has 1 aliphatic rings. The quantitative estimate of drug-likeness (QED) is 0.803. The normalized spacial score (nSPS) is 18.7. The number of benzene rings is 1. The number of amides is 1. The Morgan fingerprint density at radius 1 is 1.48 bits per heavy atom. The van der Waals surface area contributed by atoms with Crippen molar-refractivity contribution in [1.82, 2.24) is 15.5 Å². The Bertz CT molecular complexity index is 715. The highest BCUT2D eigenvalue weighted by Gasteiger charge is 2.22. The molecule has 2 unspecified atom stereocenters. The predicted octanol–water partition coefficient (Wildman–Crippen LogP) is 3.75. The van der Waals surface area contributed by atoms with Crippen molar-refractivity contribution in [3.63, 3.8) is 0 Å². The van der Waals surface area contributed by atoms with Gasteiger partial charge in [-0.3, -0.25) is 4.79 Å². The average Bonchev–Trinajstić information content (AvgIpc) is 3.02. The summed E-state index contributed by atoms with van der Waals surface area (Å²) in [5, 5.41) is 16.7. The van der Waals surface area contributed by atoms with Gasteiger partial charge in [-0.15, -0.1) is 10.2 Å². The largest absolute Gasteiger partial charge is 0.316 e. The maximum Gasteiger partial charge on any atom is 0.226 e. The summed E-state index contributed by atoms with van der Waals surface area (Å²) >= 11 is 7.42. The lowest BCUT2D eigenvalue weighted by Gasteiger charge is -2.27. The van der Waals surface area contributed by atoms with Gasteiger partial charge in [0.25, 0.3) is 0 Å². The zero-order valence-electron chi connectivity index (χ0n) is 14.3. The van der Waals surface area contributed by atoms with Crippen molar-refractivity contribution >= 4 is 34.0 Å². The molecule has 1 aliphatic heterocycles. The van der Waals surface area contributed by atoms with Crippen LogP contribution in [0.3, 0.4) is 0 Å². The number of halogens is 1. The lowest BCUT2D eigenvalue weighted by Crippen LogP contribution is -2.34. The van der Waals surface area contributed by atoms with E-state index in [2.05, 4.69) is 27.8 Å². The number of rotatable bonds is 6. The number of hydrogen-bond donors (Lipinski definition) is 2. The molecule has 0 aliphatic carbocycles. The van der Waals surface area contributed by atoms with Crippen LogP contribution in [0, 0.1) is 11.8 Å². The highest BCUT2D eigenvalue weighted by molar-refractivity contribution is 7.15. The summed E-state index contributed by atoms with van der Waals surface area (Å²) in [5.41, 5.74) is 1.08. The van der Waals surface area contributed by atoms with Crippen molar-refractivity contribution in [1.29, 1.82) is 0 Å². The molecule has 0 bridgehead atoms. The van der Waals surface area contributed by atoms with E-state index in [1.807, 2.05) is 24.3 Å². The monoisotopic (exact) mass is 378 g/mol. The van der Waals surface area contributed by atoms with Gasteiger partial charge in [-0.1, -0.05) is 42.0 Å². The van der Waals surface area contributed by atoms with E-state index in [1.165, 1.54) is 24.2 Å². The second kappa shape index (κ2) is 8.74. The molecule has 2 aromatic rings. The molecule has 25 heavy (non-hydrogen) atoms. The Balaban J connectivity index is 1.51. The minimum absolute atomic E-state index is 0.0172. The standard InChI is InChI=1S/C18H23ClN4OS/c1-12(14-5-3-7-20-11-14)8-16(24)21-18-23-22-17(25-18)10-13-4-2-6-15(19)9-13/h2,4,6,9,12,14,20H,3,5,7-8,10-11H2,1H3,(H,21,23,24). The number of nitrogens with zero attached hydrogens (tertiary/aromatic N) is 2. The molecular formula is C18H23ClN4OS. The Labute approximate surface area is 157 Å². The van der Waals surface area contributed by atoms with Crippen LogP contribution in [0.4, 0.5) is 5.13 Å². The second-order valence-electron chi connectivity index (χ2n) is 6.64. The first-order chi connectivity index (χ1) is 12.1. The molecule has 134 valence electrons. The Morgan fingerprint density at radius 2 is 2.36 bits per heavy atom. The van der Waals surface area contributed by atoms with Crippen LogP contribution >= 0.6 is 22.9 Å². The maximum atomic E-state index is 12.3. The molecule has 2 N–H and O–H groups in total. The van der Waals surface area contributed by atoms with Crippen molar-refractivity contribution in [2.45, 2.75) is 32.6 Å². The number of carbonyl (C=O) groups excluding carboxylic acids is 1. The van der Waals surface area contributed by atoms with Crippen LogP contribution in [0.2, 0.25) is 5.02 Å². The van der Waals surface area contributed by atoms with Crippen LogP contribution < -0.4 is 10.6 Å². The molecular weight excluding hydrogens is 356 g/mol. The summed E-state index contributed by atoms with van der Waals surface area (Å²) in [6.45, 7) is 4.26. The van der Waals surface area contributed by atoms with Crippen LogP contribution in [-0.4, -0.2) is 29.2 Å². The molecule has 2 heterocycles. The molecule has 3 rings (SSSR count). The molecule has 5 nitrogen and oxygen atoms in total. The zero-order valence-corrected chi connectivity index (χ0v) is 15.9. The van der Waals surface area contributed by atoms with Gasteiger partial charge < -0.3 is 10.6 Å². The van der Waals surface area contributed by atoms with Gasteiger partial charge >= 0.3 is 0 Å². The van der Waals surface area contributed by atoms with E-state index in [0.29, 0.717) is 34.8 Å². The van der Waals surface area contributed by atoms with Crippen molar-refractivity contribution in [2.75, 3.05) is 18.4 Å². The maximum absolute atomic E-state index is 12.3. The van der Waals surface area contributed by atoms with Crippen LogP contribution in [0.15, 0.2) is 24.3 Å². The second-order valence-corrected chi connectivity index (χ2v) is 8.14. The topological polar surface area (TPSA) is 66.9 Å². The van der Waals surface area contributed by atoms with Crippen LogP contribution in [-0.2, 0) is 11.2 Å². The third kappa shape index (κ3) is 5.49. The summed E-state index contributed by atoms with van der Waals surface area (Å²) < 4.78 is 0. The SMILES string of the molecule is CC(CC(=O)Nc1nnc(Cc2cccc(Cl)c2)s1)C1CCCNC1. The van der Waals surface area contributed by atoms with E-state index < -0.39 is 0 Å². The highest BCUT2D eigenvalue weighted by Crippen LogP contribution is 2.24. The Kier molecular flexibility index (Phi) is 6.39. The summed E-state index contributed by atoms with van der Waals surface area (Å²) in [4.78, 5) is 12.3. The van der Waals surface area contributed by atoms with Gasteiger partial charge in [-0.05, 0) is 55.5 Å². The highest BCUT2D eigenvalue weighted by atomic mass is 35.5. The van der Waals surface area contributed by atoms with Gasteiger partial charge in [0.15, 0.2) is 0 Å². The lowest BCUT2D eigenvalue weighted by atomic mass is 9.85. The third-order valence-electron chi connectivity index (χ3n) is 4.60.